The van der Waals surface area contributed by atoms with Crippen LogP contribution in [0.2, 0.25) is 0 Å². The van der Waals surface area contributed by atoms with Crippen molar-refractivity contribution in [1.82, 2.24) is 13.4 Å². The number of anilines is 1. The third kappa shape index (κ3) is 4.35. The number of aromatic nitrogens is 2. The summed E-state index contributed by atoms with van der Waals surface area (Å²) in [5.74, 6) is -0.287. The van der Waals surface area contributed by atoms with Crippen LogP contribution in [0.3, 0.4) is 0 Å². The molecule has 2 aromatic carbocycles. The normalized spacial score (nSPS) is 11.9. The zero-order valence-corrected chi connectivity index (χ0v) is 20.0. The molecule has 1 N–H and O–H groups in total. The number of rotatable bonds is 8. The maximum atomic E-state index is 12.9. The summed E-state index contributed by atoms with van der Waals surface area (Å²) in [7, 11) is -1.94. The molecule has 32 heavy (non-hydrogen) atoms. The smallest absolute Gasteiger partial charge is 0.326 e. The van der Waals surface area contributed by atoms with Crippen LogP contribution < -0.4 is 11.0 Å². The predicted molar refractivity (Wildman–Crippen MR) is 126 cm³/mol. The topological polar surface area (TPSA) is 93.4 Å². The first-order valence-electron chi connectivity index (χ1n) is 10.7. The minimum atomic E-state index is -3.65. The minimum absolute atomic E-state index is 0.0828. The van der Waals surface area contributed by atoms with Crippen molar-refractivity contribution < 1.29 is 13.2 Å². The highest BCUT2D eigenvalue weighted by Gasteiger charge is 2.23. The number of benzene rings is 2. The van der Waals surface area contributed by atoms with Gasteiger partial charge in [0.2, 0.25) is 15.9 Å². The lowest BCUT2D eigenvalue weighted by molar-refractivity contribution is -0.116. The Labute approximate surface area is 188 Å². The molecule has 0 spiro atoms. The molecule has 0 bridgehead atoms. The standard InChI is InChI=1S/C23H30N4O4S/c1-6-26(7-2)32(30,31)18-14-16(3)17(4)19(15-18)24-22(28)12-13-27-21-11-9-8-10-20(21)25(5)23(27)29/h8-11,14-15H,6-7,12-13H2,1-5H3,(H,24,28). The second-order valence-corrected chi connectivity index (χ2v) is 9.72. The van der Waals surface area contributed by atoms with Crippen molar-refractivity contribution in [2.75, 3.05) is 18.4 Å². The van der Waals surface area contributed by atoms with Crippen LogP contribution in [0.15, 0.2) is 46.1 Å². The van der Waals surface area contributed by atoms with E-state index in [4.69, 9.17) is 0 Å². The molecular formula is C23H30N4O4S. The van der Waals surface area contributed by atoms with Gasteiger partial charge in [-0.25, -0.2) is 13.2 Å². The number of nitrogens with one attached hydrogen (secondary N) is 1. The van der Waals surface area contributed by atoms with Gasteiger partial charge in [-0.1, -0.05) is 26.0 Å². The van der Waals surface area contributed by atoms with Crippen LogP contribution in [-0.4, -0.2) is 40.9 Å². The van der Waals surface area contributed by atoms with Gasteiger partial charge in [0.15, 0.2) is 0 Å². The van der Waals surface area contributed by atoms with E-state index in [1.54, 1.807) is 36.1 Å². The molecular weight excluding hydrogens is 428 g/mol. The van der Waals surface area contributed by atoms with Crippen molar-refractivity contribution in [2.45, 2.75) is 45.6 Å². The summed E-state index contributed by atoms with van der Waals surface area (Å²) in [4.78, 5) is 25.4. The number of fused-ring (bicyclic) bond motifs is 1. The Morgan fingerprint density at radius 3 is 2.31 bits per heavy atom. The monoisotopic (exact) mass is 458 g/mol. The summed E-state index contributed by atoms with van der Waals surface area (Å²) in [6.45, 7) is 8.21. The van der Waals surface area contributed by atoms with E-state index in [2.05, 4.69) is 5.32 Å². The van der Waals surface area contributed by atoms with Gasteiger partial charge < -0.3 is 5.32 Å². The van der Waals surface area contributed by atoms with Gasteiger partial charge in [0.25, 0.3) is 0 Å². The largest absolute Gasteiger partial charge is 0.328 e. The summed E-state index contributed by atoms with van der Waals surface area (Å²) in [6.07, 6.45) is 0.0828. The Kier molecular flexibility index (Phi) is 6.90. The maximum Gasteiger partial charge on any atom is 0.328 e. The van der Waals surface area contributed by atoms with Gasteiger partial charge in [0.1, 0.15) is 0 Å². The third-order valence-electron chi connectivity index (χ3n) is 5.87. The lowest BCUT2D eigenvalue weighted by atomic mass is 10.1. The van der Waals surface area contributed by atoms with Crippen molar-refractivity contribution in [1.29, 1.82) is 0 Å². The van der Waals surface area contributed by atoms with Crippen molar-refractivity contribution >= 4 is 32.7 Å². The van der Waals surface area contributed by atoms with Crippen LogP contribution >= 0.6 is 0 Å². The van der Waals surface area contributed by atoms with E-state index in [0.29, 0.717) is 18.8 Å². The Morgan fingerprint density at radius 2 is 1.69 bits per heavy atom. The van der Waals surface area contributed by atoms with E-state index in [1.807, 2.05) is 38.1 Å². The van der Waals surface area contributed by atoms with Crippen LogP contribution in [0.5, 0.6) is 0 Å². The number of sulfonamides is 1. The number of imidazole rings is 1. The molecule has 1 aromatic heterocycles. The zero-order valence-electron chi connectivity index (χ0n) is 19.2. The number of aryl methyl sites for hydroxylation is 3. The number of amides is 1. The SMILES string of the molecule is CCN(CC)S(=O)(=O)c1cc(C)c(C)c(NC(=O)CCn2c(=O)n(C)c3ccccc32)c1. The molecule has 1 amide bonds. The highest BCUT2D eigenvalue weighted by molar-refractivity contribution is 7.89. The molecule has 8 nitrogen and oxygen atoms in total. The molecule has 0 saturated carbocycles. The van der Waals surface area contributed by atoms with Crippen molar-refractivity contribution in [3.8, 4) is 0 Å². The lowest BCUT2D eigenvalue weighted by Gasteiger charge is -2.20. The van der Waals surface area contributed by atoms with E-state index < -0.39 is 10.0 Å². The van der Waals surface area contributed by atoms with Crippen LogP contribution in [0.25, 0.3) is 11.0 Å². The van der Waals surface area contributed by atoms with Crippen molar-refractivity contribution in [3.05, 3.63) is 58.0 Å². The number of carbonyl (C=O) groups excluding carboxylic acids is 1. The summed E-state index contributed by atoms with van der Waals surface area (Å²) >= 11 is 0. The molecule has 1 heterocycles. The van der Waals surface area contributed by atoms with Gasteiger partial charge in [-0.05, 0) is 49.2 Å². The Morgan fingerprint density at radius 1 is 1.06 bits per heavy atom. The van der Waals surface area contributed by atoms with Crippen LogP contribution in [0.1, 0.15) is 31.4 Å². The molecule has 0 aliphatic carbocycles. The molecule has 0 atom stereocenters. The first-order chi connectivity index (χ1) is 15.1. The zero-order chi connectivity index (χ0) is 23.6. The number of nitrogens with zero attached hydrogens (tertiary/aromatic N) is 3. The summed E-state index contributed by atoms with van der Waals surface area (Å²) in [5, 5.41) is 2.84. The Bertz CT molecular complexity index is 1320. The van der Waals surface area contributed by atoms with Crippen LogP contribution in [-0.2, 0) is 28.4 Å². The molecule has 0 aliphatic heterocycles. The van der Waals surface area contributed by atoms with Gasteiger partial charge >= 0.3 is 5.69 Å². The molecule has 0 unspecified atom stereocenters. The van der Waals surface area contributed by atoms with E-state index in [9.17, 15) is 18.0 Å². The summed E-state index contributed by atoms with van der Waals surface area (Å²) in [5.41, 5.74) is 3.44. The van der Waals surface area contributed by atoms with Crippen molar-refractivity contribution in [2.24, 2.45) is 7.05 Å². The van der Waals surface area contributed by atoms with Crippen molar-refractivity contribution in [3.63, 3.8) is 0 Å². The summed E-state index contributed by atoms with van der Waals surface area (Å²) in [6, 6.07) is 10.6. The van der Waals surface area contributed by atoms with Gasteiger partial charge in [0, 0.05) is 38.8 Å². The number of carbonyl (C=O) groups is 1. The fourth-order valence-corrected chi connectivity index (χ4v) is 5.39. The fourth-order valence-electron chi connectivity index (χ4n) is 3.82. The Hall–Kier alpha value is -2.91. The second-order valence-electron chi connectivity index (χ2n) is 7.78. The van der Waals surface area contributed by atoms with Crippen LogP contribution in [0, 0.1) is 13.8 Å². The molecule has 172 valence electrons. The van der Waals surface area contributed by atoms with Gasteiger partial charge in [-0.15, -0.1) is 0 Å². The van der Waals surface area contributed by atoms with E-state index in [-0.39, 0.29) is 29.5 Å². The third-order valence-corrected chi connectivity index (χ3v) is 7.90. The Balaban J connectivity index is 1.84. The van der Waals surface area contributed by atoms with Crippen LogP contribution in [0.4, 0.5) is 5.69 Å². The average Bonchev–Trinajstić information content (AvgIpc) is 3.00. The molecule has 0 fully saturated rings. The van der Waals surface area contributed by atoms with E-state index in [1.165, 1.54) is 10.4 Å². The van der Waals surface area contributed by atoms with E-state index in [0.717, 1.165) is 22.2 Å². The average molecular weight is 459 g/mol. The first-order valence-corrected chi connectivity index (χ1v) is 12.1. The quantitative estimate of drug-likeness (QED) is 0.562. The van der Waals surface area contributed by atoms with Gasteiger partial charge in [-0.3, -0.25) is 13.9 Å². The molecule has 3 rings (SSSR count). The molecule has 3 aromatic rings. The fraction of sp³-hybridized carbons (Fsp3) is 0.391. The number of hydrogen-bond donors (Lipinski definition) is 1. The number of hydrogen-bond acceptors (Lipinski definition) is 4. The second kappa shape index (κ2) is 9.30. The predicted octanol–water partition coefficient (Wildman–Crippen LogP) is 3.02. The minimum Gasteiger partial charge on any atom is -0.326 e. The summed E-state index contributed by atoms with van der Waals surface area (Å²) < 4.78 is 30.4. The van der Waals surface area contributed by atoms with Gasteiger partial charge in [0.05, 0.1) is 15.9 Å². The molecule has 0 radical (unpaired) electrons. The highest BCUT2D eigenvalue weighted by Crippen LogP contribution is 2.26. The van der Waals surface area contributed by atoms with Gasteiger partial charge in [-0.2, -0.15) is 4.31 Å². The van der Waals surface area contributed by atoms with E-state index >= 15 is 0 Å². The molecule has 9 heteroatoms. The maximum absolute atomic E-state index is 12.9. The molecule has 0 aliphatic rings. The highest BCUT2D eigenvalue weighted by atomic mass is 32.2. The number of para-hydroxylation sites is 2. The molecule has 0 saturated heterocycles. The first kappa shape index (κ1) is 23.7. The lowest BCUT2D eigenvalue weighted by Crippen LogP contribution is -2.30.